The summed E-state index contributed by atoms with van der Waals surface area (Å²) in [5.41, 5.74) is 0.440. The fourth-order valence-corrected chi connectivity index (χ4v) is 2.93. The van der Waals surface area contributed by atoms with Crippen LogP contribution in [0.2, 0.25) is 0 Å². The van der Waals surface area contributed by atoms with Crippen molar-refractivity contribution in [2.45, 2.75) is 4.90 Å². The first-order valence-corrected chi connectivity index (χ1v) is 7.87. The molecule has 0 atom stereocenters. The molecule has 0 saturated heterocycles. The number of nitrogens with one attached hydrogen (secondary N) is 1. The average molecular weight is 323 g/mol. The zero-order chi connectivity index (χ0) is 16.2. The van der Waals surface area contributed by atoms with E-state index in [1.165, 1.54) is 26.4 Å². The minimum absolute atomic E-state index is 0.0842. The van der Waals surface area contributed by atoms with Gasteiger partial charge < -0.3 is 14.2 Å². The highest BCUT2D eigenvalue weighted by Gasteiger charge is 2.17. The zero-order valence-corrected chi connectivity index (χ0v) is 13.3. The third kappa shape index (κ3) is 3.43. The van der Waals surface area contributed by atoms with Crippen molar-refractivity contribution < 1.29 is 22.6 Å². The fraction of sp³-hybridized carbons (Fsp3) is 0.200. The van der Waals surface area contributed by atoms with Crippen molar-refractivity contribution in [1.29, 1.82) is 0 Å². The molecule has 0 heterocycles. The van der Waals surface area contributed by atoms with Gasteiger partial charge in [0.1, 0.15) is 5.75 Å². The summed E-state index contributed by atoms with van der Waals surface area (Å²) < 4.78 is 42.5. The third-order valence-electron chi connectivity index (χ3n) is 3.01. The normalized spacial score (nSPS) is 10.9. The van der Waals surface area contributed by atoms with Gasteiger partial charge in [0, 0.05) is 11.8 Å². The molecular weight excluding hydrogens is 306 g/mol. The highest BCUT2D eigenvalue weighted by Crippen LogP contribution is 2.30. The molecule has 0 radical (unpaired) electrons. The van der Waals surface area contributed by atoms with E-state index >= 15 is 0 Å². The van der Waals surface area contributed by atoms with Gasteiger partial charge in [0.2, 0.25) is 0 Å². The van der Waals surface area contributed by atoms with Crippen LogP contribution in [0.3, 0.4) is 0 Å². The molecule has 0 fully saturated rings. The van der Waals surface area contributed by atoms with E-state index in [0.717, 1.165) is 0 Å². The monoisotopic (exact) mass is 323 g/mol. The van der Waals surface area contributed by atoms with Crippen LogP contribution >= 0.6 is 0 Å². The molecule has 0 aliphatic rings. The lowest BCUT2D eigenvalue weighted by Crippen LogP contribution is -2.13. The summed E-state index contributed by atoms with van der Waals surface area (Å²) in [5.74, 6) is 1.46. The Kier molecular flexibility index (Phi) is 4.77. The Bertz CT molecular complexity index is 741. The van der Waals surface area contributed by atoms with Crippen LogP contribution < -0.4 is 18.9 Å². The summed E-state index contributed by atoms with van der Waals surface area (Å²) in [6, 6.07) is 11.0. The highest BCUT2D eigenvalue weighted by atomic mass is 32.2. The van der Waals surface area contributed by atoms with Gasteiger partial charge in [0.15, 0.2) is 11.5 Å². The van der Waals surface area contributed by atoms with Gasteiger partial charge in [-0.3, -0.25) is 4.72 Å². The van der Waals surface area contributed by atoms with Crippen molar-refractivity contribution in [3.05, 3.63) is 42.5 Å². The summed E-state index contributed by atoms with van der Waals surface area (Å²) in [6.45, 7) is 0. The second-order valence-corrected chi connectivity index (χ2v) is 6.03. The Morgan fingerprint density at radius 1 is 0.818 bits per heavy atom. The van der Waals surface area contributed by atoms with Crippen molar-refractivity contribution in [2.24, 2.45) is 0 Å². The molecule has 0 unspecified atom stereocenters. The Hall–Kier alpha value is -2.41. The van der Waals surface area contributed by atoms with E-state index in [1.54, 1.807) is 37.4 Å². The van der Waals surface area contributed by atoms with Gasteiger partial charge in [-0.15, -0.1) is 0 Å². The molecule has 2 rings (SSSR count). The molecule has 0 bridgehead atoms. The van der Waals surface area contributed by atoms with Crippen molar-refractivity contribution in [1.82, 2.24) is 0 Å². The maximum atomic E-state index is 12.4. The van der Waals surface area contributed by atoms with Crippen LogP contribution in [0, 0.1) is 0 Å². The van der Waals surface area contributed by atoms with Crippen LogP contribution in [-0.2, 0) is 10.0 Å². The smallest absolute Gasteiger partial charge is 0.262 e. The van der Waals surface area contributed by atoms with Gasteiger partial charge in [0.05, 0.1) is 26.2 Å². The second-order valence-electron chi connectivity index (χ2n) is 4.35. The molecule has 0 aromatic heterocycles. The van der Waals surface area contributed by atoms with E-state index in [2.05, 4.69) is 4.72 Å². The molecule has 118 valence electrons. The topological polar surface area (TPSA) is 73.9 Å². The summed E-state index contributed by atoms with van der Waals surface area (Å²) in [6.07, 6.45) is 0. The van der Waals surface area contributed by atoms with E-state index < -0.39 is 10.0 Å². The molecule has 0 saturated carbocycles. The van der Waals surface area contributed by atoms with Crippen LogP contribution in [0.5, 0.6) is 17.2 Å². The molecule has 2 aromatic rings. The maximum Gasteiger partial charge on any atom is 0.262 e. The molecule has 7 heteroatoms. The van der Waals surface area contributed by atoms with Crippen LogP contribution in [-0.4, -0.2) is 29.7 Å². The lowest BCUT2D eigenvalue weighted by atomic mass is 10.3. The van der Waals surface area contributed by atoms with Gasteiger partial charge in [0.25, 0.3) is 10.0 Å². The SMILES string of the molecule is COc1ccc(NS(=O)(=O)c2ccc(OC)c(OC)c2)cc1. The van der Waals surface area contributed by atoms with Crippen LogP contribution in [0.15, 0.2) is 47.4 Å². The van der Waals surface area contributed by atoms with Crippen LogP contribution in [0.4, 0.5) is 5.69 Å². The fourth-order valence-electron chi connectivity index (χ4n) is 1.86. The molecule has 22 heavy (non-hydrogen) atoms. The van der Waals surface area contributed by atoms with Gasteiger partial charge in [-0.2, -0.15) is 0 Å². The Morgan fingerprint density at radius 3 is 2.00 bits per heavy atom. The number of benzene rings is 2. The van der Waals surface area contributed by atoms with Gasteiger partial charge >= 0.3 is 0 Å². The summed E-state index contributed by atoms with van der Waals surface area (Å²) in [7, 11) is 0.765. The maximum absolute atomic E-state index is 12.4. The molecule has 2 aromatic carbocycles. The minimum atomic E-state index is -3.72. The first-order valence-electron chi connectivity index (χ1n) is 6.39. The van der Waals surface area contributed by atoms with Crippen molar-refractivity contribution in [2.75, 3.05) is 26.1 Å². The highest BCUT2D eigenvalue weighted by molar-refractivity contribution is 7.92. The van der Waals surface area contributed by atoms with Gasteiger partial charge in [-0.1, -0.05) is 0 Å². The number of sulfonamides is 1. The Morgan fingerprint density at radius 2 is 1.45 bits per heavy atom. The molecule has 0 spiro atoms. The van der Waals surface area contributed by atoms with Crippen molar-refractivity contribution in [3.8, 4) is 17.2 Å². The number of anilines is 1. The van der Waals surface area contributed by atoms with Gasteiger partial charge in [-0.05, 0) is 36.4 Å². The number of ether oxygens (including phenoxy) is 3. The van der Waals surface area contributed by atoms with E-state index in [0.29, 0.717) is 22.9 Å². The molecule has 0 amide bonds. The number of hydrogen-bond donors (Lipinski definition) is 1. The van der Waals surface area contributed by atoms with Crippen LogP contribution in [0.25, 0.3) is 0 Å². The lowest BCUT2D eigenvalue weighted by Gasteiger charge is -2.12. The van der Waals surface area contributed by atoms with E-state index in [9.17, 15) is 8.42 Å². The predicted molar refractivity (Wildman–Crippen MR) is 83.3 cm³/mol. The predicted octanol–water partition coefficient (Wildman–Crippen LogP) is 2.51. The van der Waals surface area contributed by atoms with Crippen LogP contribution in [0.1, 0.15) is 0 Å². The lowest BCUT2D eigenvalue weighted by molar-refractivity contribution is 0.354. The zero-order valence-electron chi connectivity index (χ0n) is 12.5. The summed E-state index contributed by atoms with van der Waals surface area (Å²) in [4.78, 5) is 0.0842. The summed E-state index contributed by atoms with van der Waals surface area (Å²) in [5, 5.41) is 0. The standard InChI is InChI=1S/C15H17NO5S/c1-19-12-6-4-11(5-7-12)16-22(17,18)13-8-9-14(20-2)15(10-13)21-3/h4-10,16H,1-3H3. The summed E-state index contributed by atoms with van der Waals surface area (Å²) >= 11 is 0. The molecule has 0 aliphatic carbocycles. The number of methoxy groups -OCH3 is 3. The van der Waals surface area contributed by atoms with Crippen molar-refractivity contribution in [3.63, 3.8) is 0 Å². The molecule has 6 nitrogen and oxygen atoms in total. The first kappa shape index (κ1) is 16.0. The molecular formula is C15H17NO5S. The minimum Gasteiger partial charge on any atom is -0.497 e. The quantitative estimate of drug-likeness (QED) is 0.884. The largest absolute Gasteiger partial charge is 0.497 e. The number of hydrogen-bond acceptors (Lipinski definition) is 5. The molecule has 0 aliphatic heterocycles. The van der Waals surface area contributed by atoms with E-state index in [1.807, 2.05) is 0 Å². The van der Waals surface area contributed by atoms with Crippen molar-refractivity contribution >= 4 is 15.7 Å². The second kappa shape index (κ2) is 6.57. The van der Waals surface area contributed by atoms with E-state index in [4.69, 9.17) is 14.2 Å². The van der Waals surface area contributed by atoms with E-state index in [-0.39, 0.29) is 4.90 Å². The third-order valence-corrected chi connectivity index (χ3v) is 4.39. The van der Waals surface area contributed by atoms with Gasteiger partial charge in [-0.25, -0.2) is 8.42 Å². The molecule has 1 N–H and O–H groups in total. The Balaban J connectivity index is 2.29. The number of rotatable bonds is 6. The first-order chi connectivity index (χ1) is 10.5. The average Bonchev–Trinajstić information content (AvgIpc) is 2.54. The Labute approximate surface area is 129 Å².